The number of aromatic nitrogens is 1. The quantitative estimate of drug-likeness (QED) is 0.597. The minimum Gasteiger partial charge on any atom is -0.495 e. The molecule has 4 aromatic rings. The predicted octanol–water partition coefficient (Wildman–Crippen LogP) is 4.25. The van der Waals surface area contributed by atoms with Crippen molar-refractivity contribution < 1.29 is 18.7 Å². The summed E-state index contributed by atoms with van der Waals surface area (Å²) < 4.78 is 16.3. The van der Waals surface area contributed by atoms with Crippen molar-refractivity contribution in [1.82, 2.24) is 4.98 Å². The number of nitrogens with one attached hydrogen (secondary N) is 1. The lowest BCUT2D eigenvalue weighted by Crippen LogP contribution is -2.13. The van der Waals surface area contributed by atoms with Crippen LogP contribution < -0.4 is 14.8 Å². The third-order valence-corrected chi connectivity index (χ3v) is 4.15. The first-order valence-electron chi connectivity index (χ1n) is 8.00. The molecule has 1 amide bonds. The van der Waals surface area contributed by atoms with Crippen molar-refractivity contribution in [1.29, 1.82) is 0 Å². The molecule has 0 atom stereocenters. The molecule has 0 aliphatic carbocycles. The van der Waals surface area contributed by atoms with Crippen LogP contribution in [0.5, 0.6) is 11.6 Å². The van der Waals surface area contributed by atoms with E-state index in [9.17, 15) is 4.79 Å². The Morgan fingerprint density at radius 1 is 1.00 bits per heavy atom. The fourth-order valence-electron chi connectivity index (χ4n) is 2.85. The van der Waals surface area contributed by atoms with Gasteiger partial charge in [0.2, 0.25) is 5.88 Å². The Morgan fingerprint density at radius 2 is 1.85 bits per heavy atom. The molecule has 0 bridgehead atoms. The minimum atomic E-state index is -0.297. The van der Waals surface area contributed by atoms with Gasteiger partial charge in [-0.1, -0.05) is 18.2 Å². The molecule has 0 spiro atoms. The summed E-state index contributed by atoms with van der Waals surface area (Å²) in [7, 11) is 3.09. The molecule has 1 N–H and O–H groups in total. The Morgan fingerprint density at radius 3 is 2.58 bits per heavy atom. The van der Waals surface area contributed by atoms with Crippen molar-refractivity contribution in [2.75, 3.05) is 19.5 Å². The summed E-state index contributed by atoms with van der Waals surface area (Å²) in [5.41, 5.74) is 2.40. The second kappa shape index (κ2) is 6.40. The number of hydrogen-bond donors (Lipinski definition) is 1. The number of anilines is 1. The van der Waals surface area contributed by atoms with E-state index in [0.29, 0.717) is 28.5 Å². The molecule has 26 heavy (non-hydrogen) atoms. The summed E-state index contributed by atoms with van der Waals surface area (Å²) in [6.07, 6.45) is 1.46. The van der Waals surface area contributed by atoms with Crippen LogP contribution in [-0.4, -0.2) is 25.1 Å². The molecule has 2 aromatic carbocycles. The number of methoxy groups -OCH3 is 2. The van der Waals surface area contributed by atoms with E-state index in [1.54, 1.807) is 25.3 Å². The maximum atomic E-state index is 12.5. The topological polar surface area (TPSA) is 73.6 Å². The molecule has 2 heterocycles. The Kier molecular flexibility index (Phi) is 3.93. The van der Waals surface area contributed by atoms with Crippen LogP contribution in [-0.2, 0) is 0 Å². The molecular formula is C20H16N2O4. The van der Waals surface area contributed by atoms with Gasteiger partial charge < -0.3 is 19.2 Å². The molecule has 0 aliphatic heterocycles. The lowest BCUT2D eigenvalue weighted by Gasteiger charge is -2.10. The number of fused-ring (bicyclic) bond motifs is 3. The highest BCUT2D eigenvalue weighted by Crippen LogP contribution is 2.36. The molecule has 0 unspecified atom stereocenters. The number of hydrogen-bond acceptors (Lipinski definition) is 5. The van der Waals surface area contributed by atoms with Crippen LogP contribution in [0.15, 0.2) is 59.1 Å². The van der Waals surface area contributed by atoms with Gasteiger partial charge in [0, 0.05) is 29.1 Å². The van der Waals surface area contributed by atoms with Crippen molar-refractivity contribution in [2.24, 2.45) is 0 Å². The number of para-hydroxylation sites is 1. The van der Waals surface area contributed by atoms with Gasteiger partial charge in [0.25, 0.3) is 5.91 Å². The van der Waals surface area contributed by atoms with E-state index < -0.39 is 0 Å². The highest BCUT2D eigenvalue weighted by atomic mass is 16.5. The van der Waals surface area contributed by atoms with E-state index in [1.165, 1.54) is 13.3 Å². The smallest absolute Gasteiger partial charge is 0.257 e. The van der Waals surface area contributed by atoms with Crippen LogP contribution >= 0.6 is 0 Å². The predicted molar refractivity (Wildman–Crippen MR) is 99.0 cm³/mol. The van der Waals surface area contributed by atoms with Crippen LogP contribution in [0.1, 0.15) is 10.4 Å². The number of carbonyl (C=O) groups is 1. The molecule has 130 valence electrons. The molecule has 4 rings (SSSR count). The number of pyridine rings is 1. The fourth-order valence-corrected chi connectivity index (χ4v) is 2.85. The summed E-state index contributed by atoms with van der Waals surface area (Å²) in [5.74, 6) is 0.704. The van der Waals surface area contributed by atoms with E-state index in [2.05, 4.69) is 10.3 Å². The highest BCUT2D eigenvalue weighted by molar-refractivity contribution is 6.09. The summed E-state index contributed by atoms with van der Waals surface area (Å²) >= 11 is 0. The van der Waals surface area contributed by atoms with Gasteiger partial charge in [-0.15, -0.1) is 0 Å². The SMILES string of the molecule is COc1ccc(C(=O)Nc2cc3oc4ccccc4c3cc2OC)cn1. The van der Waals surface area contributed by atoms with Crippen LogP contribution in [0.25, 0.3) is 21.9 Å². The largest absolute Gasteiger partial charge is 0.495 e. The van der Waals surface area contributed by atoms with E-state index >= 15 is 0 Å². The number of benzene rings is 2. The van der Waals surface area contributed by atoms with E-state index in [-0.39, 0.29) is 5.91 Å². The van der Waals surface area contributed by atoms with Gasteiger partial charge in [-0.3, -0.25) is 4.79 Å². The Hall–Kier alpha value is -3.54. The van der Waals surface area contributed by atoms with Gasteiger partial charge >= 0.3 is 0 Å². The van der Waals surface area contributed by atoms with Gasteiger partial charge in [-0.05, 0) is 18.2 Å². The minimum absolute atomic E-state index is 0.297. The average molecular weight is 348 g/mol. The lowest BCUT2D eigenvalue weighted by atomic mass is 10.1. The lowest BCUT2D eigenvalue weighted by molar-refractivity contribution is 0.102. The number of ether oxygens (including phenoxy) is 2. The Balaban J connectivity index is 1.72. The van der Waals surface area contributed by atoms with Crippen molar-refractivity contribution in [3.05, 3.63) is 60.3 Å². The zero-order chi connectivity index (χ0) is 18.1. The number of amides is 1. The van der Waals surface area contributed by atoms with E-state index in [4.69, 9.17) is 13.9 Å². The number of carbonyl (C=O) groups excluding carboxylic acids is 1. The van der Waals surface area contributed by atoms with Gasteiger partial charge in [0.1, 0.15) is 16.9 Å². The van der Waals surface area contributed by atoms with Crippen LogP contribution in [0.2, 0.25) is 0 Å². The number of nitrogens with zero attached hydrogens (tertiary/aromatic N) is 1. The number of rotatable bonds is 4. The first-order valence-corrected chi connectivity index (χ1v) is 8.00. The Bertz CT molecular complexity index is 1100. The van der Waals surface area contributed by atoms with Gasteiger partial charge in [0.05, 0.1) is 25.5 Å². The van der Waals surface area contributed by atoms with Crippen molar-refractivity contribution in [2.45, 2.75) is 0 Å². The van der Waals surface area contributed by atoms with Crippen LogP contribution in [0.4, 0.5) is 5.69 Å². The Labute approximate surface area is 149 Å². The zero-order valence-electron chi connectivity index (χ0n) is 14.3. The fraction of sp³-hybridized carbons (Fsp3) is 0.100. The molecule has 0 aliphatic rings. The van der Waals surface area contributed by atoms with Gasteiger partial charge in [0.15, 0.2) is 0 Å². The maximum absolute atomic E-state index is 12.5. The van der Waals surface area contributed by atoms with Gasteiger partial charge in [-0.25, -0.2) is 4.98 Å². The van der Waals surface area contributed by atoms with Crippen molar-refractivity contribution in [3.63, 3.8) is 0 Å². The van der Waals surface area contributed by atoms with Crippen LogP contribution in [0, 0.1) is 0 Å². The first-order chi connectivity index (χ1) is 12.7. The molecule has 2 aromatic heterocycles. The summed E-state index contributed by atoms with van der Waals surface area (Å²) in [5, 5.41) is 4.78. The second-order valence-electron chi connectivity index (χ2n) is 5.69. The standard InChI is InChI=1S/C20H16N2O4/c1-24-18-9-14-13-5-3-4-6-16(13)26-17(14)10-15(18)22-20(23)12-7-8-19(25-2)21-11-12/h3-11H,1-2H3,(H,22,23). The maximum Gasteiger partial charge on any atom is 0.257 e. The average Bonchev–Trinajstić information content (AvgIpc) is 3.04. The summed E-state index contributed by atoms with van der Waals surface area (Å²) in [6.45, 7) is 0. The summed E-state index contributed by atoms with van der Waals surface area (Å²) in [4.78, 5) is 16.6. The van der Waals surface area contributed by atoms with Gasteiger partial charge in [-0.2, -0.15) is 0 Å². The molecular weight excluding hydrogens is 332 g/mol. The monoisotopic (exact) mass is 348 g/mol. The third kappa shape index (κ3) is 2.71. The zero-order valence-corrected chi connectivity index (χ0v) is 14.3. The first kappa shape index (κ1) is 16.0. The highest BCUT2D eigenvalue weighted by Gasteiger charge is 2.15. The number of furan rings is 1. The summed E-state index contributed by atoms with van der Waals surface area (Å²) in [6, 6.07) is 14.7. The van der Waals surface area contributed by atoms with Crippen molar-refractivity contribution in [3.8, 4) is 11.6 Å². The van der Waals surface area contributed by atoms with Crippen molar-refractivity contribution >= 4 is 33.5 Å². The third-order valence-electron chi connectivity index (χ3n) is 4.15. The van der Waals surface area contributed by atoms with E-state index in [1.807, 2.05) is 30.3 Å². The van der Waals surface area contributed by atoms with Crippen LogP contribution in [0.3, 0.4) is 0 Å². The normalized spacial score (nSPS) is 10.8. The molecule has 0 saturated carbocycles. The molecule has 0 fully saturated rings. The molecule has 0 saturated heterocycles. The van der Waals surface area contributed by atoms with E-state index in [0.717, 1.165) is 16.4 Å². The molecule has 6 heteroatoms. The molecule has 6 nitrogen and oxygen atoms in total. The second-order valence-corrected chi connectivity index (χ2v) is 5.69. The molecule has 0 radical (unpaired) electrons.